The first kappa shape index (κ1) is 25.7. The number of halogens is 3. The molecular weight excluding hydrogens is 497 g/mol. The first-order chi connectivity index (χ1) is 18.2. The number of hydrogen-bond acceptors (Lipinski definition) is 6. The van der Waals surface area contributed by atoms with Gasteiger partial charge in [-0.2, -0.15) is 18.4 Å². The van der Waals surface area contributed by atoms with E-state index in [-0.39, 0.29) is 52.3 Å². The number of aromatic nitrogens is 2. The lowest BCUT2D eigenvalue weighted by Crippen LogP contribution is -2.63. The Morgan fingerprint density at radius 1 is 1.16 bits per heavy atom. The van der Waals surface area contributed by atoms with Gasteiger partial charge in [-0.3, -0.25) is 14.5 Å². The number of aromatic amines is 1. The molecule has 1 aromatic carbocycles. The summed E-state index contributed by atoms with van der Waals surface area (Å²) in [5.74, 6) is -0.00538. The number of amides is 1. The summed E-state index contributed by atoms with van der Waals surface area (Å²) in [6.45, 7) is 1.32. The maximum Gasteiger partial charge on any atom is 0.416 e. The largest absolute Gasteiger partial charge is 0.416 e. The Bertz CT molecular complexity index is 1430. The molecule has 0 spiro atoms. The average molecular weight is 525 g/mol. The number of nitrogens with zero attached hydrogens (tertiary/aromatic N) is 3. The number of rotatable bonds is 6. The van der Waals surface area contributed by atoms with E-state index >= 15 is 0 Å². The molecule has 1 aliphatic carbocycles. The Balaban J connectivity index is 1.13. The highest BCUT2D eigenvalue weighted by atomic mass is 19.4. The number of pyridine rings is 2. The van der Waals surface area contributed by atoms with Crippen LogP contribution >= 0.6 is 0 Å². The van der Waals surface area contributed by atoms with Crippen molar-refractivity contribution in [2.24, 2.45) is 0 Å². The fraction of sp³-hybridized carbons (Fsp3) is 0.407. The standard InChI is InChI=1S/C27H27F3N6O2/c28-27(29,30)17-5-8-23-22(10-17)24(11-18(12-31)34-23)33-13-25(37)35-19-14-36(15-19)20-6-3-16(4-7-20)21-2-1-9-32-26(21)38/h1-2,5,8-11,16,19-20H,3-4,6-7,13-15H2,(H,32,38)(H,33,34)(H,35,37)/t16-,20-. The Labute approximate surface area is 216 Å². The summed E-state index contributed by atoms with van der Waals surface area (Å²) in [6.07, 6.45) is 1.03. The highest BCUT2D eigenvalue weighted by Gasteiger charge is 2.36. The summed E-state index contributed by atoms with van der Waals surface area (Å²) in [4.78, 5) is 33.8. The fourth-order valence-corrected chi connectivity index (χ4v) is 5.47. The van der Waals surface area contributed by atoms with Gasteiger partial charge in [-0.1, -0.05) is 6.07 Å². The van der Waals surface area contributed by atoms with E-state index in [1.807, 2.05) is 18.2 Å². The van der Waals surface area contributed by atoms with Gasteiger partial charge < -0.3 is 15.6 Å². The van der Waals surface area contributed by atoms with Crippen molar-refractivity contribution in [3.63, 3.8) is 0 Å². The van der Waals surface area contributed by atoms with Gasteiger partial charge >= 0.3 is 6.18 Å². The Kier molecular flexibility index (Phi) is 7.08. The van der Waals surface area contributed by atoms with Crippen LogP contribution in [0.15, 0.2) is 47.4 Å². The van der Waals surface area contributed by atoms with Crippen LogP contribution in [-0.4, -0.2) is 52.5 Å². The number of carbonyl (C=O) groups excluding carboxylic acids is 1. The van der Waals surface area contributed by atoms with Crippen molar-refractivity contribution >= 4 is 22.5 Å². The molecule has 1 amide bonds. The second kappa shape index (κ2) is 10.5. The van der Waals surface area contributed by atoms with Crippen LogP contribution in [0, 0.1) is 11.3 Å². The summed E-state index contributed by atoms with van der Waals surface area (Å²) in [6, 6.07) is 10.5. The lowest BCUT2D eigenvalue weighted by Gasteiger charge is -2.46. The molecule has 2 aliphatic rings. The zero-order chi connectivity index (χ0) is 26.9. The van der Waals surface area contributed by atoms with E-state index in [0.29, 0.717) is 6.04 Å². The lowest BCUT2D eigenvalue weighted by molar-refractivity contribution is -0.137. The van der Waals surface area contributed by atoms with Gasteiger partial charge in [-0.15, -0.1) is 0 Å². The average Bonchev–Trinajstić information content (AvgIpc) is 2.88. The predicted molar refractivity (Wildman–Crippen MR) is 136 cm³/mol. The van der Waals surface area contributed by atoms with E-state index in [9.17, 15) is 28.0 Å². The van der Waals surface area contributed by atoms with Crippen LogP contribution in [0.4, 0.5) is 18.9 Å². The molecule has 38 heavy (non-hydrogen) atoms. The third-order valence-corrected chi connectivity index (χ3v) is 7.47. The number of alkyl halides is 3. The first-order valence-corrected chi connectivity index (χ1v) is 12.6. The quantitative estimate of drug-likeness (QED) is 0.453. The minimum atomic E-state index is -4.52. The number of anilines is 1. The monoisotopic (exact) mass is 524 g/mol. The molecule has 1 saturated carbocycles. The highest BCUT2D eigenvalue weighted by molar-refractivity contribution is 5.94. The number of benzene rings is 1. The van der Waals surface area contributed by atoms with Gasteiger partial charge in [-0.25, -0.2) is 4.98 Å². The Hall–Kier alpha value is -3.91. The molecule has 0 radical (unpaired) electrons. The predicted octanol–water partition coefficient (Wildman–Crippen LogP) is 3.75. The summed E-state index contributed by atoms with van der Waals surface area (Å²) in [5, 5.41) is 15.3. The third-order valence-electron chi connectivity index (χ3n) is 7.47. The van der Waals surface area contributed by atoms with Gasteiger partial charge in [0.15, 0.2) is 0 Å². The minimum absolute atomic E-state index is 0.000299. The highest BCUT2D eigenvalue weighted by Crippen LogP contribution is 2.35. The van der Waals surface area contributed by atoms with Gasteiger partial charge in [-0.05, 0) is 61.9 Å². The van der Waals surface area contributed by atoms with E-state index in [1.165, 1.54) is 12.1 Å². The van der Waals surface area contributed by atoms with E-state index < -0.39 is 11.7 Å². The number of nitrogens with one attached hydrogen (secondary N) is 3. The normalized spacial score (nSPS) is 20.5. The van der Waals surface area contributed by atoms with E-state index in [1.54, 1.807) is 6.20 Å². The molecule has 0 atom stereocenters. The van der Waals surface area contributed by atoms with Crippen LogP contribution in [0.3, 0.4) is 0 Å². The first-order valence-electron chi connectivity index (χ1n) is 12.6. The van der Waals surface area contributed by atoms with Crippen LogP contribution in [0.2, 0.25) is 0 Å². The number of hydrogen-bond donors (Lipinski definition) is 3. The Morgan fingerprint density at radius 2 is 1.92 bits per heavy atom. The second-order valence-corrected chi connectivity index (χ2v) is 9.93. The zero-order valence-electron chi connectivity index (χ0n) is 20.5. The number of fused-ring (bicyclic) bond motifs is 1. The van der Waals surface area contributed by atoms with Gasteiger partial charge in [0.2, 0.25) is 5.91 Å². The second-order valence-electron chi connectivity index (χ2n) is 9.93. The third kappa shape index (κ3) is 5.50. The van der Waals surface area contributed by atoms with Gasteiger partial charge in [0, 0.05) is 42.0 Å². The number of H-pyrrole nitrogens is 1. The van der Waals surface area contributed by atoms with Crippen LogP contribution in [0.1, 0.15) is 48.4 Å². The Morgan fingerprint density at radius 3 is 2.61 bits per heavy atom. The maximum atomic E-state index is 13.2. The molecule has 0 bridgehead atoms. The van der Waals surface area contributed by atoms with Crippen LogP contribution < -0.4 is 16.2 Å². The van der Waals surface area contributed by atoms with E-state index in [0.717, 1.165) is 56.5 Å². The van der Waals surface area contributed by atoms with Crippen LogP contribution in [-0.2, 0) is 11.0 Å². The molecular formula is C27H27F3N6O2. The molecule has 2 fully saturated rings. The van der Waals surface area contributed by atoms with Gasteiger partial charge in [0.05, 0.1) is 23.7 Å². The van der Waals surface area contributed by atoms with Crippen LogP contribution in [0.5, 0.6) is 0 Å². The molecule has 1 saturated heterocycles. The molecule has 1 aliphatic heterocycles. The number of carbonyl (C=O) groups is 1. The molecule has 2 aromatic heterocycles. The van der Waals surface area contributed by atoms with Crippen molar-refractivity contribution < 1.29 is 18.0 Å². The van der Waals surface area contributed by atoms with Crippen molar-refractivity contribution in [3.05, 3.63) is 69.8 Å². The molecule has 3 N–H and O–H groups in total. The van der Waals surface area contributed by atoms with E-state index in [2.05, 4.69) is 25.5 Å². The van der Waals surface area contributed by atoms with Gasteiger partial charge in [0.25, 0.3) is 5.56 Å². The molecule has 0 unspecified atom stereocenters. The summed E-state index contributed by atoms with van der Waals surface area (Å²) in [5.41, 5.74) is 0.536. The zero-order valence-corrected chi connectivity index (χ0v) is 20.5. The van der Waals surface area contributed by atoms with E-state index in [4.69, 9.17) is 0 Å². The van der Waals surface area contributed by atoms with Crippen molar-refractivity contribution in [2.75, 3.05) is 25.0 Å². The van der Waals surface area contributed by atoms with Gasteiger partial charge in [0.1, 0.15) is 11.8 Å². The number of nitriles is 1. The van der Waals surface area contributed by atoms with Crippen LogP contribution in [0.25, 0.3) is 10.9 Å². The summed E-state index contributed by atoms with van der Waals surface area (Å²) < 4.78 is 39.6. The molecule has 3 aromatic rings. The number of likely N-dealkylation sites (tertiary alicyclic amines) is 1. The SMILES string of the molecule is N#Cc1cc(NCC(=O)NC2CN([C@H]3CC[C@H](c4ccc[nH]c4=O)CC3)C2)c2cc(C(F)(F)F)ccc2n1. The van der Waals surface area contributed by atoms with Crippen molar-refractivity contribution in [1.29, 1.82) is 5.26 Å². The topological polar surface area (TPSA) is 114 Å². The molecule has 5 rings (SSSR count). The minimum Gasteiger partial charge on any atom is -0.376 e. The molecule has 3 heterocycles. The summed E-state index contributed by atoms with van der Waals surface area (Å²) >= 11 is 0. The smallest absolute Gasteiger partial charge is 0.376 e. The summed E-state index contributed by atoms with van der Waals surface area (Å²) in [7, 11) is 0. The van der Waals surface area contributed by atoms with Crippen molar-refractivity contribution in [2.45, 2.75) is 49.9 Å². The van der Waals surface area contributed by atoms with Crippen molar-refractivity contribution in [1.82, 2.24) is 20.2 Å². The van der Waals surface area contributed by atoms with Crippen molar-refractivity contribution in [3.8, 4) is 6.07 Å². The lowest BCUT2D eigenvalue weighted by atomic mass is 9.80. The maximum absolute atomic E-state index is 13.2. The molecule has 8 nitrogen and oxygen atoms in total. The fourth-order valence-electron chi connectivity index (χ4n) is 5.47. The molecule has 198 valence electrons. The molecule has 11 heteroatoms.